The fourth-order valence-electron chi connectivity index (χ4n) is 2.53. The van der Waals surface area contributed by atoms with Crippen molar-refractivity contribution >= 4 is 10.0 Å². The van der Waals surface area contributed by atoms with E-state index in [4.69, 9.17) is 0 Å². The van der Waals surface area contributed by atoms with E-state index in [1.54, 1.807) is 16.4 Å². The molecule has 3 nitrogen and oxygen atoms in total. The lowest BCUT2D eigenvalue weighted by Gasteiger charge is -2.29. The van der Waals surface area contributed by atoms with Crippen LogP contribution in [0.5, 0.6) is 0 Å². The van der Waals surface area contributed by atoms with E-state index in [-0.39, 0.29) is 6.04 Å². The first-order valence-electron chi connectivity index (χ1n) is 6.71. The molecule has 2 rings (SSSR count). The predicted octanol–water partition coefficient (Wildman–Crippen LogP) is 3.46. The van der Waals surface area contributed by atoms with E-state index < -0.39 is 10.0 Å². The lowest BCUT2D eigenvalue weighted by atomic mass is 10.2. The van der Waals surface area contributed by atoms with Gasteiger partial charge in [-0.3, -0.25) is 4.31 Å². The van der Waals surface area contributed by atoms with Crippen LogP contribution in [0, 0.1) is 6.92 Å². The summed E-state index contributed by atoms with van der Waals surface area (Å²) in [7, 11) is -3.44. The van der Waals surface area contributed by atoms with Gasteiger partial charge in [0.15, 0.2) is 0 Å². The summed E-state index contributed by atoms with van der Waals surface area (Å²) in [4.78, 5) is 0.375. The van der Waals surface area contributed by atoms with Crippen molar-refractivity contribution in [2.45, 2.75) is 51.0 Å². The van der Waals surface area contributed by atoms with Crippen molar-refractivity contribution < 1.29 is 8.42 Å². The molecule has 0 saturated carbocycles. The van der Waals surface area contributed by atoms with E-state index in [1.165, 1.54) is 0 Å². The Balaban J connectivity index is 2.45. The van der Waals surface area contributed by atoms with E-state index in [2.05, 4.69) is 0 Å². The van der Waals surface area contributed by atoms with E-state index >= 15 is 0 Å². The molecule has 0 radical (unpaired) electrons. The highest BCUT2D eigenvalue weighted by atomic mass is 32.2. The number of sulfonamides is 1. The summed E-state index contributed by atoms with van der Waals surface area (Å²) in [6.07, 6.45) is 4.92. The topological polar surface area (TPSA) is 37.4 Å². The van der Waals surface area contributed by atoms with Crippen LogP contribution in [0.1, 0.15) is 38.7 Å². The minimum absolute atomic E-state index is 0.0186. The van der Waals surface area contributed by atoms with E-state index in [0.29, 0.717) is 4.90 Å². The summed E-state index contributed by atoms with van der Waals surface area (Å²) >= 11 is 0. The second kappa shape index (κ2) is 5.37. The van der Waals surface area contributed by atoms with E-state index in [0.717, 1.165) is 30.5 Å². The van der Waals surface area contributed by atoms with Crippen LogP contribution >= 0.6 is 0 Å². The van der Waals surface area contributed by atoms with Crippen LogP contribution in [0.4, 0.5) is 0 Å². The van der Waals surface area contributed by atoms with Crippen molar-refractivity contribution in [2.75, 3.05) is 0 Å². The Morgan fingerprint density at radius 1 is 1.16 bits per heavy atom. The van der Waals surface area contributed by atoms with Crippen LogP contribution in [0.3, 0.4) is 0 Å². The SMILES string of the molecule is CC1=CCCC[C@H](C)N1S(=O)(=O)c1ccc(C)cc1. The van der Waals surface area contributed by atoms with Crippen molar-refractivity contribution in [3.8, 4) is 0 Å². The van der Waals surface area contributed by atoms with Gasteiger partial charge in [-0.2, -0.15) is 0 Å². The first-order chi connectivity index (χ1) is 8.93. The molecular formula is C15H21NO2S. The molecule has 0 aromatic heterocycles. The van der Waals surface area contributed by atoms with Gasteiger partial charge in [0.25, 0.3) is 10.0 Å². The standard InChI is InChI=1S/C15H21NO2S/c1-12-8-10-15(11-9-12)19(17,18)16-13(2)6-4-5-7-14(16)3/h6,8-11,14H,4-5,7H2,1-3H3/t14-/m0/s1. The van der Waals surface area contributed by atoms with Gasteiger partial charge in [0.05, 0.1) is 4.90 Å². The molecule has 0 N–H and O–H groups in total. The van der Waals surface area contributed by atoms with Gasteiger partial charge in [-0.25, -0.2) is 8.42 Å². The van der Waals surface area contributed by atoms with Gasteiger partial charge in [0, 0.05) is 11.7 Å². The van der Waals surface area contributed by atoms with E-state index in [1.807, 2.05) is 39.0 Å². The average Bonchev–Trinajstić information content (AvgIpc) is 2.51. The molecule has 4 heteroatoms. The Morgan fingerprint density at radius 2 is 1.79 bits per heavy atom. The highest BCUT2D eigenvalue weighted by molar-refractivity contribution is 7.89. The minimum atomic E-state index is -3.44. The number of rotatable bonds is 2. The molecule has 0 unspecified atom stereocenters. The molecule has 1 atom stereocenters. The molecule has 0 spiro atoms. The monoisotopic (exact) mass is 279 g/mol. The van der Waals surface area contributed by atoms with Gasteiger partial charge >= 0.3 is 0 Å². The van der Waals surface area contributed by atoms with Crippen LogP contribution in [0.25, 0.3) is 0 Å². The molecule has 0 bridgehead atoms. The lowest BCUT2D eigenvalue weighted by Crippen LogP contribution is -2.36. The van der Waals surface area contributed by atoms with Gasteiger partial charge in [-0.05, 0) is 52.2 Å². The Bertz CT molecular complexity index is 573. The van der Waals surface area contributed by atoms with Gasteiger partial charge in [0.2, 0.25) is 0 Å². The first kappa shape index (κ1) is 14.1. The van der Waals surface area contributed by atoms with Gasteiger partial charge in [0.1, 0.15) is 0 Å². The Morgan fingerprint density at radius 3 is 2.42 bits per heavy atom. The number of hydrogen-bond acceptors (Lipinski definition) is 2. The summed E-state index contributed by atoms with van der Waals surface area (Å²) in [5.41, 5.74) is 1.90. The summed E-state index contributed by atoms with van der Waals surface area (Å²) in [6.45, 7) is 5.82. The molecule has 19 heavy (non-hydrogen) atoms. The third-order valence-corrected chi connectivity index (χ3v) is 5.63. The van der Waals surface area contributed by atoms with Gasteiger partial charge in [-0.1, -0.05) is 23.8 Å². The van der Waals surface area contributed by atoms with Crippen LogP contribution in [0.15, 0.2) is 40.9 Å². The molecule has 1 aliphatic heterocycles. The molecule has 1 aliphatic rings. The molecule has 0 fully saturated rings. The fraction of sp³-hybridized carbons (Fsp3) is 0.467. The normalized spacial score (nSPS) is 20.9. The van der Waals surface area contributed by atoms with Gasteiger partial charge in [-0.15, -0.1) is 0 Å². The smallest absolute Gasteiger partial charge is 0.264 e. The Kier molecular flexibility index (Phi) is 3.99. The van der Waals surface area contributed by atoms with Crippen molar-refractivity contribution in [1.29, 1.82) is 0 Å². The second-order valence-corrected chi connectivity index (χ2v) is 7.05. The Labute approximate surface area is 116 Å². The highest BCUT2D eigenvalue weighted by Gasteiger charge is 2.29. The molecule has 0 aliphatic carbocycles. The Hall–Kier alpha value is -1.29. The number of hydrogen-bond donors (Lipinski definition) is 0. The quantitative estimate of drug-likeness (QED) is 0.831. The molecule has 0 amide bonds. The second-order valence-electron chi connectivity index (χ2n) is 5.24. The predicted molar refractivity (Wildman–Crippen MR) is 77.3 cm³/mol. The minimum Gasteiger partial charge on any atom is -0.268 e. The van der Waals surface area contributed by atoms with Crippen molar-refractivity contribution in [2.24, 2.45) is 0 Å². The van der Waals surface area contributed by atoms with Crippen molar-refractivity contribution in [3.05, 3.63) is 41.6 Å². The zero-order valence-electron chi connectivity index (χ0n) is 11.8. The molecule has 0 saturated heterocycles. The summed E-state index contributed by atoms with van der Waals surface area (Å²) in [5.74, 6) is 0. The number of aryl methyl sites for hydroxylation is 1. The molecule has 1 aromatic carbocycles. The number of benzene rings is 1. The zero-order chi connectivity index (χ0) is 14.0. The van der Waals surface area contributed by atoms with Crippen molar-refractivity contribution in [3.63, 3.8) is 0 Å². The number of allylic oxidation sites excluding steroid dienone is 2. The third kappa shape index (κ3) is 2.84. The molecule has 1 heterocycles. The van der Waals surface area contributed by atoms with Crippen LogP contribution in [0.2, 0.25) is 0 Å². The van der Waals surface area contributed by atoms with Crippen LogP contribution in [-0.2, 0) is 10.0 Å². The summed E-state index contributed by atoms with van der Waals surface area (Å²) in [5, 5.41) is 0. The third-order valence-electron chi connectivity index (χ3n) is 3.59. The zero-order valence-corrected chi connectivity index (χ0v) is 12.6. The lowest BCUT2D eigenvalue weighted by molar-refractivity contribution is 0.383. The molecular weight excluding hydrogens is 258 g/mol. The van der Waals surface area contributed by atoms with Crippen LogP contribution < -0.4 is 0 Å². The average molecular weight is 279 g/mol. The molecule has 104 valence electrons. The first-order valence-corrected chi connectivity index (χ1v) is 8.15. The maximum Gasteiger partial charge on any atom is 0.264 e. The number of nitrogens with zero attached hydrogens (tertiary/aromatic N) is 1. The fourth-order valence-corrected chi connectivity index (χ4v) is 4.27. The van der Waals surface area contributed by atoms with Crippen molar-refractivity contribution in [1.82, 2.24) is 4.31 Å². The molecule has 1 aromatic rings. The largest absolute Gasteiger partial charge is 0.268 e. The maximum absolute atomic E-state index is 12.8. The highest BCUT2D eigenvalue weighted by Crippen LogP contribution is 2.28. The summed E-state index contributed by atoms with van der Waals surface area (Å²) < 4.78 is 27.1. The summed E-state index contributed by atoms with van der Waals surface area (Å²) in [6, 6.07) is 7.08. The van der Waals surface area contributed by atoms with Gasteiger partial charge < -0.3 is 0 Å². The maximum atomic E-state index is 12.8. The van der Waals surface area contributed by atoms with Crippen LogP contribution in [-0.4, -0.2) is 18.8 Å². The van der Waals surface area contributed by atoms with E-state index in [9.17, 15) is 8.42 Å².